The summed E-state index contributed by atoms with van der Waals surface area (Å²) in [5.74, 6) is -5.01. The van der Waals surface area contributed by atoms with E-state index in [-0.39, 0.29) is 0 Å². The van der Waals surface area contributed by atoms with E-state index in [1.807, 2.05) is 0 Å². The minimum Gasteiger partial charge on any atom is -0.443 e. The highest BCUT2D eigenvalue weighted by Crippen LogP contribution is 2.39. The van der Waals surface area contributed by atoms with Crippen molar-refractivity contribution in [2.75, 3.05) is 6.61 Å². The summed E-state index contributed by atoms with van der Waals surface area (Å²) in [4.78, 5) is 59.9. The monoisotopic (exact) mass is 426 g/mol. The molecule has 0 aliphatic rings. The van der Waals surface area contributed by atoms with E-state index in [9.17, 15) is 34.2 Å². The lowest BCUT2D eigenvalue weighted by molar-refractivity contribution is -0.234. The van der Waals surface area contributed by atoms with Crippen molar-refractivity contribution in [1.29, 1.82) is 0 Å². The van der Waals surface area contributed by atoms with Gasteiger partial charge in [0.25, 0.3) is 15.9 Å². The number of hydrogen-bond acceptors (Lipinski definition) is 10. The van der Waals surface area contributed by atoms with Crippen molar-refractivity contribution in [3.8, 4) is 0 Å². The molecule has 4 atom stereocenters. The Morgan fingerprint density at radius 1 is 0.920 bits per heavy atom. The molecule has 25 heavy (non-hydrogen) atoms. The van der Waals surface area contributed by atoms with Crippen molar-refractivity contribution < 1.29 is 48.8 Å². The molecule has 0 saturated carbocycles. The maximum atomic E-state index is 12.4. The number of aliphatic hydroxyl groups is 3. The first-order valence-corrected chi connectivity index (χ1v) is 7.68. The Kier molecular flexibility index (Phi) is 8.02. The fraction of sp³-hybridized carbons (Fsp3) is 0.643. The van der Waals surface area contributed by atoms with E-state index in [4.69, 9.17) is 14.6 Å². The summed E-state index contributed by atoms with van der Waals surface area (Å²) < 4.78 is 8.17. The van der Waals surface area contributed by atoms with Crippen LogP contribution in [0.3, 0.4) is 0 Å². The number of rotatable bonds is 9. The molecule has 0 radical (unpaired) electrons. The second-order valence-corrected chi connectivity index (χ2v) is 5.91. The molecule has 0 saturated heterocycles. The van der Waals surface area contributed by atoms with E-state index in [1.165, 1.54) is 0 Å². The lowest BCUT2D eigenvalue weighted by atomic mass is 9.72. The molecule has 0 bridgehead atoms. The average molecular weight is 427 g/mol. The van der Waals surface area contributed by atoms with Gasteiger partial charge < -0.3 is 24.8 Å². The molecular weight excluding hydrogens is 408 g/mol. The standard InChI is InChI=1S/C14H19BrO10/c1-6(17)13(24-8(3)19,11(22)10(21)5-16)14(7(2)18,12(15)23)25-9(4)20/h10-11,16,21-22H,5H2,1-4H3/t10?,11?,13?,14-/m0/s1. The van der Waals surface area contributed by atoms with Crippen LogP contribution in [0.5, 0.6) is 0 Å². The molecule has 0 spiro atoms. The number of ether oxygens (including phenoxy) is 2. The van der Waals surface area contributed by atoms with Gasteiger partial charge in [-0.05, 0) is 29.8 Å². The molecule has 0 rings (SSSR count). The van der Waals surface area contributed by atoms with Gasteiger partial charge in [0.15, 0.2) is 11.6 Å². The maximum Gasteiger partial charge on any atom is 0.304 e. The van der Waals surface area contributed by atoms with Gasteiger partial charge in [0.2, 0.25) is 0 Å². The predicted octanol–water partition coefficient (Wildman–Crippen LogP) is -1.60. The van der Waals surface area contributed by atoms with Gasteiger partial charge in [-0.3, -0.25) is 24.0 Å². The molecule has 0 aliphatic carbocycles. The lowest BCUT2D eigenvalue weighted by Crippen LogP contribution is -2.75. The Morgan fingerprint density at radius 3 is 1.60 bits per heavy atom. The zero-order valence-corrected chi connectivity index (χ0v) is 15.5. The van der Waals surface area contributed by atoms with E-state index in [1.54, 1.807) is 0 Å². The van der Waals surface area contributed by atoms with Crippen LogP contribution >= 0.6 is 15.9 Å². The minimum absolute atomic E-state index is 0.743. The second-order valence-electron chi connectivity index (χ2n) is 5.18. The Balaban J connectivity index is 7.10. The van der Waals surface area contributed by atoms with Crippen LogP contribution in [0.25, 0.3) is 0 Å². The van der Waals surface area contributed by atoms with Crippen LogP contribution in [0.2, 0.25) is 0 Å². The molecule has 10 nitrogen and oxygen atoms in total. The molecule has 3 unspecified atom stereocenters. The van der Waals surface area contributed by atoms with Gasteiger partial charge in [0, 0.05) is 13.8 Å². The summed E-state index contributed by atoms with van der Waals surface area (Å²) in [6.07, 6.45) is -4.60. The highest BCUT2D eigenvalue weighted by atomic mass is 79.9. The lowest BCUT2D eigenvalue weighted by Gasteiger charge is -2.46. The van der Waals surface area contributed by atoms with Crippen LogP contribution in [0.4, 0.5) is 0 Å². The van der Waals surface area contributed by atoms with Crippen LogP contribution in [-0.4, -0.2) is 73.5 Å². The zero-order valence-electron chi connectivity index (χ0n) is 13.9. The van der Waals surface area contributed by atoms with Crippen molar-refractivity contribution >= 4 is 44.1 Å². The van der Waals surface area contributed by atoms with Gasteiger partial charge in [-0.15, -0.1) is 0 Å². The first-order valence-electron chi connectivity index (χ1n) is 6.89. The van der Waals surface area contributed by atoms with E-state index < -0.39 is 58.2 Å². The van der Waals surface area contributed by atoms with Crippen LogP contribution in [0.15, 0.2) is 0 Å². The highest BCUT2D eigenvalue weighted by Gasteiger charge is 2.72. The smallest absolute Gasteiger partial charge is 0.304 e. The Bertz CT molecular complexity index is 572. The third-order valence-electron chi connectivity index (χ3n) is 3.39. The number of ketones is 2. The number of esters is 2. The Labute approximate surface area is 151 Å². The van der Waals surface area contributed by atoms with Gasteiger partial charge >= 0.3 is 11.9 Å². The fourth-order valence-electron chi connectivity index (χ4n) is 2.42. The van der Waals surface area contributed by atoms with Crippen LogP contribution < -0.4 is 0 Å². The van der Waals surface area contributed by atoms with Crippen LogP contribution in [0, 0.1) is 0 Å². The van der Waals surface area contributed by atoms with Crippen molar-refractivity contribution in [3.05, 3.63) is 0 Å². The number of Topliss-reactive ketones (excluding diaryl/α,β-unsaturated/α-hetero) is 2. The van der Waals surface area contributed by atoms with Gasteiger partial charge in [0.1, 0.15) is 12.2 Å². The molecule has 11 heteroatoms. The summed E-state index contributed by atoms with van der Waals surface area (Å²) in [5.41, 5.74) is -6.27. The second kappa shape index (κ2) is 8.61. The van der Waals surface area contributed by atoms with E-state index in [2.05, 4.69) is 15.9 Å². The third kappa shape index (κ3) is 4.11. The van der Waals surface area contributed by atoms with Crippen molar-refractivity contribution in [1.82, 2.24) is 0 Å². The molecule has 0 aromatic rings. The first-order chi connectivity index (χ1) is 11.3. The van der Waals surface area contributed by atoms with Gasteiger partial charge in [-0.25, -0.2) is 0 Å². The molecule has 142 valence electrons. The number of carbonyl (C=O) groups excluding carboxylic acids is 5. The summed E-state index contributed by atoms with van der Waals surface area (Å²) in [6.45, 7) is 1.98. The summed E-state index contributed by atoms with van der Waals surface area (Å²) in [7, 11) is 0. The van der Waals surface area contributed by atoms with Crippen molar-refractivity contribution in [2.45, 2.75) is 51.1 Å². The summed E-state index contributed by atoms with van der Waals surface area (Å²) >= 11 is 2.42. The van der Waals surface area contributed by atoms with E-state index >= 15 is 0 Å². The number of carbonyl (C=O) groups is 5. The largest absolute Gasteiger partial charge is 0.443 e. The van der Waals surface area contributed by atoms with E-state index in [0.717, 1.165) is 27.7 Å². The van der Waals surface area contributed by atoms with Crippen molar-refractivity contribution in [3.63, 3.8) is 0 Å². The van der Waals surface area contributed by atoms with Crippen LogP contribution in [0.1, 0.15) is 27.7 Å². The molecular formula is C14H19BrO10. The summed E-state index contributed by atoms with van der Waals surface area (Å²) in [5, 5.41) is 29.2. The molecule has 0 aromatic heterocycles. The van der Waals surface area contributed by atoms with Crippen molar-refractivity contribution in [2.24, 2.45) is 0 Å². The third-order valence-corrected chi connectivity index (χ3v) is 3.95. The molecule has 3 N–H and O–H groups in total. The number of halogens is 1. The maximum absolute atomic E-state index is 12.4. The quantitative estimate of drug-likeness (QED) is 0.222. The minimum atomic E-state index is -3.14. The fourth-order valence-corrected chi connectivity index (χ4v) is 3.07. The SMILES string of the molecule is CC(=O)OC(C(C)=O)(C(O)C(O)CO)[C@](OC(C)=O)(C(C)=O)C(=O)Br. The Hall–Kier alpha value is -1.69. The molecule has 0 heterocycles. The average Bonchev–Trinajstić information content (AvgIpc) is 2.47. The molecule has 0 fully saturated rings. The molecule has 0 amide bonds. The topological polar surface area (TPSA) is 164 Å². The van der Waals surface area contributed by atoms with Gasteiger partial charge in [-0.2, -0.15) is 0 Å². The van der Waals surface area contributed by atoms with Crippen LogP contribution in [-0.2, 0) is 33.4 Å². The van der Waals surface area contributed by atoms with E-state index in [0.29, 0.717) is 0 Å². The predicted molar refractivity (Wildman–Crippen MR) is 83.4 cm³/mol. The molecule has 0 aromatic carbocycles. The first kappa shape index (κ1) is 23.3. The number of hydrogen-bond donors (Lipinski definition) is 3. The highest BCUT2D eigenvalue weighted by molar-refractivity contribution is 9.18. The summed E-state index contributed by atoms with van der Waals surface area (Å²) in [6, 6.07) is 0. The normalized spacial score (nSPS) is 18.1. The van der Waals surface area contributed by atoms with Gasteiger partial charge in [-0.1, -0.05) is 0 Å². The zero-order chi connectivity index (χ0) is 20.2. The molecule has 0 aliphatic heterocycles. The van der Waals surface area contributed by atoms with Gasteiger partial charge in [0.05, 0.1) is 6.61 Å². The number of aliphatic hydroxyl groups excluding tert-OH is 3. The Morgan fingerprint density at radius 2 is 1.36 bits per heavy atom.